The Morgan fingerprint density at radius 1 is 1.53 bits per heavy atom. The maximum atomic E-state index is 5.89. The lowest BCUT2D eigenvalue weighted by molar-refractivity contribution is -0.0751. The summed E-state index contributed by atoms with van der Waals surface area (Å²) in [5, 5.41) is 0. The zero-order valence-electron chi connectivity index (χ0n) is 10.8. The van der Waals surface area contributed by atoms with E-state index in [0.29, 0.717) is 6.54 Å². The molecule has 2 rings (SSSR count). The average Bonchev–Trinajstić information content (AvgIpc) is 2.26. The molecule has 0 aromatic carbocycles. The van der Waals surface area contributed by atoms with Crippen LogP contribution in [0.4, 0.5) is 5.82 Å². The van der Waals surface area contributed by atoms with Gasteiger partial charge in [0.1, 0.15) is 5.82 Å². The molecule has 1 aromatic heterocycles. The summed E-state index contributed by atoms with van der Waals surface area (Å²) in [6.45, 7) is 8.55. The molecule has 0 spiro atoms. The Hall–Kier alpha value is -1.13. The van der Waals surface area contributed by atoms with Crippen molar-refractivity contribution >= 4 is 5.82 Å². The molecule has 94 valence electrons. The third-order valence-corrected chi connectivity index (χ3v) is 2.89. The van der Waals surface area contributed by atoms with E-state index in [1.54, 1.807) is 0 Å². The molecule has 1 atom stereocenters. The molecule has 0 saturated carbocycles. The Morgan fingerprint density at radius 2 is 2.29 bits per heavy atom. The highest BCUT2D eigenvalue weighted by Gasteiger charge is 2.31. The first-order chi connectivity index (χ1) is 8.00. The molecule has 0 radical (unpaired) electrons. The van der Waals surface area contributed by atoms with E-state index in [1.807, 2.05) is 18.2 Å². The van der Waals surface area contributed by atoms with Gasteiger partial charge in [-0.05, 0) is 32.9 Å². The molecule has 1 aliphatic rings. The lowest BCUT2D eigenvalue weighted by Gasteiger charge is -2.42. The van der Waals surface area contributed by atoms with Crippen molar-refractivity contribution in [2.75, 3.05) is 18.0 Å². The van der Waals surface area contributed by atoms with Crippen LogP contribution >= 0.6 is 0 Å². The summed E-state index contributed by atoms with van der Waals surface area (Å²) in [4.78, 5) is 6.83. The standard InChI is InChI=1S/C13H21N3O/c1-10-8-16(9-13(2,3)17-10)12-6-4-5-11(7-14)15-12/h4-6,10H,7-9,14H2,1-3H3. The second-order valence-corrected chi connectivity index (χ2v) is 5.26. The van der Waals surface area contributed by atoms with Gasteiger partial charge in [-0.3, -0.25) is 0 Å². The van der Waals surface area contributed by atoms with Crippen LogP contribution in [0.2, 0.25) is 0 Å². The molecule has 1 aliphatic heterocycles. The van der Waals surface area contributed by atoms with Crippen LogP contribution in [-0.4, -0.2) is 29.8 Å². The minimum Gasteiger partial charge on any atom is -0.369 e. The number of hydrogen-bond acceptors (Lipinski definition) is 4. The quantitative estimate of drug-likeness (QED) is 0.845. The van der Waals surface area contributed by atoms with Crippen molar-refractivity contribution in [1.82, 2.24) is 4.98 Å². The number of rotatable bonds is 2. The van der Waals surface area contributed by atoms with E-state index >= 15 is 0 Å². The van der Waals surface area contributed by atoms with Gasteiger partial charge in [-0.25, -0.2) is 4.98 Å². The molecule has 0 aliphatic carbocycles. The highest BCUT2D eigenvalue weighted by Crippen LogP contribution is 2.24. The van der Waals surface area contributed by atoms with E-state index in [2.05, 4.69) is 30.7 Å². The molecule has 2 N–H and O–H groups in total. The summed E-state index contributed by atoms with van der Waals surface area (Å²) >= 11 is 0. The first kappa shape index (κ1) is 12.3. The zero-order valence-corrected chi connectivity index (χ0v) is 10.8. The molecule has 4 heteroatoms. The molecule has 17 heavy (non-hydrogen) atoms. The first-order valence-electron chi connectivity index (χ1n) is 6.09. The number of hydrogen-bond donors (Lipinski definition) is 1. The van der Waals surface area contributed by atoms with E-state index in [9.17, 15) is 0 Å². The molecule has 0 amide bonds. The van der Waals surface area contributed by atoms with Crippen LogP contribution in [0, 0.1) is 0 Å². The van der Waals surface area contributed by atoms with Gasteiger partial charge in [-0.15, -0.1) is 0 Å². The number of aromatic nitrogens is 1. The van der Waals surface area contributed by atoms with Crippen molar-refractivity contribution in [2.24, 2.45) is 5.73 Å². The monoisotopic (exact) mass is 235 g/mol. The molecular formula is C13H21N3O. The van der Waals surface area contributed by atoms with Gasteiger partial charge in [-0.1, -0.05) is 6.07 Å². The van der Waals surface area contributed by atoms with Crippen LogP contribution in [0.3, 0.4) is 0 Å². The van der Waals surface area contributed by atoms with Crippen LogP contribution in [-0.2, 0) is 11.3 Å². The van der Waals surface area contributed by atoms with E-state index < -0.39 is 0 Å². The molecule has 1 aromatic rings. The summed E-state index contributed by atoms with van der Waals surface area (Å²) < 4.78 is 5.89. The topological polar surface area (TPSA) is 51.4 Å². The van der Waals surface area contributed by atoms with Gasteiger partial charge in [0.2, 0.25) is 0 Å². The highest BCUT2D eigenvalue weighted by molar-refractivity contribution is 5.40. The highest BCUT2D eigenvalue weighted by atomic mass is 16.5. The van der Waals surface area contributed by atoms with Gasteiger partial charge >= 0.3 is 0 Å². The normalized spacial score (nSPS) is 23.8. The summed E-state index contributed by atoms with van der Waals surface area (Å²) in [6.07, 6.45) is 0.224. The van der Waals surface area contributed by atoms with E-state index in [0.717, 1.165) is 24.6 Å². The second kappa shape index (κ2) is 4.63. The van der Waals surface area contributed by atoms with Crippen molar-refractivity contribution in [2.45, 2.75) is 39.0 Å². The molecule has 1 unspecified atom stereocenters. The fourth-order valence-electron chi connectivity index (χ4n) is 2.38. The number of ether oxygens (including phenoxy) is 1. The molecule has 2 heterocycles. The van der Waals surface area contributed by atoms with Gasteiger partial charge in [0.25, 0.3) is 0 Å². The fraction of sp³-hybridized carbons (Fsp3) is 0.615. The van der Waals surface area contributed by atoms with Crippen LogP contribution in [0.1, 0.15) is 26.5 Å². The molecule has 1 fully saturated rings. The largest absolute Gasteiger partial charge is 0.369 e. The van der Waals surface area contributed by atoms with Crippen molar-refractivity contribution in [3.05, 3.63) is 23.9 Å². The molecule has 1 saturated heterocycles. The Labute approximate surface area is 103 Å². The third kappa shape index (κ3) is 2.96. The zero-order chi connectivity index (χ0) is 12.5. The number of morpholine rings is 1. The number of anilines is 1. The van der Waals surface area contributed by atoms with Crippen molar-refractivity contribution < 1.29 is 4.74 Å². The van der Waals surface area contributed by atoms with Crippen molar-refractivity contribution in [3.8, 4) is 0 Å². The maximum absolute atomic E-state index is 5.89. The molecule has 4 nitrogen and oxygen atoms in total. The predicted molar refractivity (Wildman–Crippen MR) is 69.0 cm³/mol. The van der Waals surface area contributed by atoms with Crippen LogP contribution in [0.15, 0.2) is 18.2 Å². The Balaban J connectivity index is 2.20. The van der Waals surface area contributed by atoms with E-state index in [4.69, 9.17) is 10.5 Å². The maximum Gasteiger partial charge on any atom is 0.129 e. The van der Waals surface area contributed by atoms with Crippen LogP contribution < -0.4 is 10.6 Å². The smallest absolute Gasteiger partial charge is 0.129 e. The fourth-order valence-corrected chi connectivity index (χ4v) is 2.38. The first-order valence-corrected chi connectivity index (χ1v) is 6.09. The van der Waals surface area contributed by atoms with Crippen molar-refractivity contribution in [3.63, 3.8) is 0 Å². The average molecular weight is 235 g/mol. The van der Waals surface area contributed by atoms with Gasteiger partial charge in [0, 0.05) is 19.6 Å². The summed E-state index contributed by atoms with van der Waals surface area (Å²) in [7, 11) is 0. The number of nitrogens with two attached hydrogens (primary N) is 1. The number of nitrogens with zero attached hydrogens (tertiary/aromatic N) is 2. The summed E-state index contributed by atoms with van der Waals surface area (Å²) in [5.74, 6) is 0.996. The van der Waals surface area contributed by atoms with Gasteiger partial charge in [0.05, 0.1) is 17.4 Å². The Bertz CT molecular complexity index is 392. The SMILES string of the molecule is CC1CN(c2cccc(CN)n2)CC(C)(C)O1. The van der Waals surface area contributed by atoms with Crippen molar-refractivity contribution in [1.29, 1.82) is 0 Å². The van der Waals surface area contributed by atoms with E-state index in [-0.39, 0.29) is 11.7 Å². The summed E-state index contributed by atoms with van der Waals surface area (Å²) in [6, 6.07) is 6.00. The van der Waals surface area contributed by atoms with Gasteiger partial charge in [0.15, 0.2) is 0 Å². The van der Waals surface area contributed by atoms with E-state index in [1.165, 1.54) is 0 Å². The lowest BCUT2D eigenvalue weighted by Crippen LogP contribution is -2.52. The third-order valence-electron chi connectivity index (χ3n) is 2.89. The Kier molecular flexibility index (Phi) is 3.35. The molecule has 0 bridgehead atoms. The second-order valence-electron chi connectivity index (χ2n) is 5.26. The lowest BCUT2D eigenvalue weighted by atomic mass is 10.1. The predicted octanol–water partition coefficient (Wildman–Crippen LogP) is 1.54. The Morgan fingerprint density at radius 3 is 2.94 bits per heavy atom. The van der Waals surface area contributed by atoms with Gasteiger partial charge < -0.3 is 15.4 Å². The minimum absolute atomic E-state index is 0.127. The molecular weight excluding hydrogens is 214 g/mol. The summed E-state index contributed by atoms with van der Waals surface area (Å²) in [5.41, 5.74) is 6.43. The van der Waals surface area contributed by atoms with Gasteiger partial charge in [-0.2, -0.15) is 0 Å². The van der Waals surface area contributed by atoms with Crippen LogP contribution in [0.25, 0.3) is 0 Å². The minimum atomic E-state index is -0.127. The number of pyridine rings is 1. The van der Waals surface area contributed by atoms with Crippen LogP contribution in [0.5, 0.6) is 0 Å².